The maximum absolute atomic E-state index is 12.7. The first-order valence-electron chi connectivity index (χ1n) is 8.89. The van der Waals surface area contributed by atoms with Gasteiger partial charge in [0.05, 0.1) is 5.52 Å². The second kappa shape index (κ2) is 7.70. The molecule has 0 saturated carbocycles. The van der Waals surface area contributed by atoms with Crippen molar-refractivity contribution in [2.24, 2.45) is 0 Å². The topological polar surface area (TPSA) is 77.6 Å². The molecule has 0 saturated heterocycles. The van der Waals surface area contributed by atoms with E-state index < -0.39 is 6.04 Å². The molecule has 0 bridgehead atoms. The summed E-state index contributed by atoms with van der Waals surface area (Å²) in [5, 5.41) is 3.81. The molecule has 1 atom stereocenters. The highest BCUT2D eigenvalue weighted by Gasteiger charge is 2.21. The third-order valence-corrected chi connectivity index (χ3v) is 4.41. The second-order valence-electron chi connectivity index (χ2n) is 6.25. The van der Waals surface area contributed by atoms with E-state index in [1.165, 1.54) is 6.07 Å². The minimum atomic E-state index is -0.451. The summed E-state index contributed by atoms with van der Waals surface area (Å²) in [6.45, 7) is 7.51. The molecule has 1 aromatic carbocycles. The van der Waals surface area contributed by atoms with Crippen molar-refractivity contribution in [2.45, 2.75) is 33.2 Å². The van der Waals surface area contributed by atoms with Crippen LogP contribution in [0.25, 0.3) is 16.6 Å². The zero-order chi connectivity index (χ0) is 18.7. The Hall–Kier alpha value is -2.67. The van der Waals surface area contributed by atoms with Crippen LogP contribution in [0.4, 0.5) is 0 Å². The van der Waals surface area contributed by atoms with Crippen LogP contribution in [0.3, 0.4) is 0 Å². The molecule has 0 radical (unpaired) electrons. The molecule has 3 aromatic rings. The van der Waals surface area contributed by atoms with Gasteiger partial charge in [0.15, 0.2) is 5.65 Å². The maximum Gasteiger partial charge on any atom is 0.273 e. The summed E-state index contributed by atoms with van der Waals surface area (Å²) < 4.78 is 9.03. The number of amides is 1. The number of benzene rings is 1. The zero-order valence-corrected chi connectivity index (χ0v) is 15.4. The summed E-state index contributed by atoms with van der Waals surface area (Å²) in [4.78, 5) is 28.7. The summed E-state index contributed by atoms with van der Waals surface area (Å²) in [7, 11) is 0. The number of nitrogens with zero attached hydrogens (tertiary/aromatic N) is 3. The largest absolute Gasteiger partial charge is 0.382 e. The van der Waals surface area contributed by atoms with Gasteiger partial charge in [0.25, 0.3) is 5.56 Å². The maximum atomic E-state index is 12.7. The van der Waals surface area contributed by atoms with Crippen LogP contribution in [-0.2, 0) is 9.53 Å². The molecule has 2 aromatic heterocycles. The Morgan fingerprint density at radius 1 is 1.35 bits per heavy atom. The van der Waals surface area contributed by atoms with Crippen molar-refractivity contribution in [3.05, 3.63) is 46.4 Å². The number of carbonyl (C=O) groups is 1. The first-order chi connectivity index (χ1) is 12.5. The van der Waals surface area contributed by atoms with E-state index in [9.17, 15) is 9.59 Å². The van der Waals surface area contributed by atoms with Gasteiger partial charge in [0.2, 0.25) is 5.91 Å². The second-order valence-corrected chi connectivity index (χ2v) is 6.25. The molecule has 0 aliphatic carbocycles. The zero-order valence-electron chi connectivity index (χ0n) is 15.4. The molecular weight excluding hydrogens is 332 g/mol. The number of ether oxygens (including phenoxy) is 1. The molecule has 26 heavy (non-hydrogen) atoms. The van der Waals surface area contributed by atoms with Crippen molar-refractivity contribution in [1.29, 1.82) is 0 Å². The predicted octanol–water partition coefficient (Wildman–Crippen LogP) is 2.06. The van der Waals surface area contributed by atoms with E-state index in [1.807, 2.05) is 54.2 Å². The quantitative estimate of drug-likeness (QED) is 0.658. The Balaban J connectivity index is 1.98. The van der Waals surface area contributed by atoms with Crippen LogP contribution in [0.5, 0.6) is 0 Å². The van der Waals surface area contributed by atoms with Crippen LogP contribution in [0.1, 0.15) is 32.0 Å². The molecule has 1 unspecified atom stereocenters. The number of aromatic nitrogens is 3. The third-order valence-electron chi connectivity index (χ3n) is 4.41. The van der Waals surface area contributed by atoms with Crippen molar-refractivity contribution in [3.63, 3.8) is 0 Å². The van der Waals surface area contributed by atoms with E-state index in [0.29, 0.717) is 25.4 Å². The van der Waals surface area contributed by atoms with Gasteiger partial charge in [-0.2, -0.15) is 4.98 Å². The summed E-state index contributed by atoms with van der Waals surface area (Å²) in [5.74, 6) is -0.0812. The minimum absolute atomic E-state index is 0.0812. The van der Waals surface area contributed by atoms with Crippen molar-refractivity contribution < 1.29 is 9.53 Å². The van der Waals surface area contributed by atoms with Gasteiger partial charge in [-0.1, -0.05) is 12.1 Å². The fraction of sp³-hybridized carbons (Fsp3) is 0.421. The average Bonchev–Trinajstić information content (AvgIpc) is 2.95. The lowest BCUT2D eigenvalue weighted by atomic mass is 10.2. The molecule has 2 heterocycles. The normalized spacial score (nSPS) is 12.6. The number of para-hydroxylation sites is 1. The highest BCUT2D eigenvalue weighted by Crippen LogP contribution is 2.24. The van der Waals surface area contributed by atoms with Crippen LogP contribution < -0.4 is 10.9 Å². The summed E-state index contributed by atoms with van der Waals surface area (Å²) in [6.07, 6.45) is 0.771. The van der Waals surface area contributed by atoms with Gasteiger partial charge < -0.3 is 10.1 Å². The molecule has 138 valence electrons. The van der Waals surface area contributed by atoms with Crippen molar-refractivity contribution >= 4 is 22.5 Å². The molecular formula is C19H24N4O3. The predicted molar refractivity (Wildman–Crippen MR) is 101 cm³/mol. The Labute approximate surface area is 151 Å². The summed E-state index contributed by atoms with van der Waals surface area (Å²) in [5.41, 5.74) is 1.90. The van der Waals surface area contributed by atoms with Gasteiger partial charge >= 0.3 is 0 Å². The summed E-state index contributed by atoms with van der Waals surface area (Å²) in [6, 6.07) is 8.70. The third kappa shape index (κ3) is 3.35. The lowest BCUT2D eigenvalue weighted by molar-refractivity contribution is -0.124. The van der Waals surface area contributed by atoms with Gasteiger partial charge in [0, 0.05) is 36.9 Å². The number of aryl methyl sites for hydroxylation is 1. The number of rotatable bonds is 7. The Morgan fingerprint density at radius 2 is 2.12 bits per heavy atom. The molecule has 0 aliphatic rings. The van der Waals surface area contributed by atoms with Crippen molar-refractivity contribution in [3.8, 4) is 0 Å². The van der Waals surface area contributed by atoms with Gasteiger partial charge in [-0.3, -0.25) is 14.3 Å². The number of hydrogen-bond acceptors (Lipinski definition) is 4. The molecule has 1 amide bonds. The van der Waals surface area contributed by atoms with E-state index in [2.05, 4.69) is 10.3 Å². The monoisotopic (exact) mass is 356 g/mol. The fourth-order valence-electron chi connectivity index (χ4n) is 3.18. The SMILES string of the molecule is CCOCCCNC(=O)C(C)n1c2ccccc2c2nc(=O)cc(C)n21. The molecule has 1 N–H and O–H groups in total. The van der Waals surface area contributed by atoms with Gasteiger partial charge in [-0.15, -0.1) is 0 Å². The van der Waals surface area contributed by atoms with E-state index in [-0.39, 0.29) is 11.5 Å². The Bertz CT molecular complexity index is 990. The van der Waals surface area contributed by atoms with Crippen molar-refractivity contribution in [1.82, 2.24) is 19.5 Å². The van der Waals surface area contributed by atoms with Crippen LogP contribution in [0, 0.1) is 6.92 Å². The van der Waals surface area contributed by atoms with Crippen LogP contribution in [0.15, 0.2) is 35.1 Å². The number of carbonyl (C=O) groups excluding carboxylic acids is 1. The number of fused-ring (bicyclic) bond motifs is 3. The van der Waals surface area contributed by atoms with E-state index in [1.54, 1.807) is 0 Å². The summed E-state index contributed by atoms with van der Waals surface area (Å²) >= 11 is 0. The van der Waals surface area contributed by atoms with E-state index >= 15 is 0 Å². The van der Waals surface area contributed by atoms with Crippen LogP contribution >= 0.6 is 0 Å². The van der Waals surface area contributed by atoms with Gasteiger partial charge in [-0.05, 0) is 39.3 Å². The Morgan fingerprint density at radius 3 is 2.88 bits per heavy atom. The highest BCUT2D eigenvalue weighted by atomic mass is 16.5. The standard InChI is InChI=1S/C19H24N4O3/c1-4-26-11-7-10-20-19(25)14(3)23-16-9-6-5-8-15(16)18-21-17(24)12-13(2)22(18)23/h5-6,8-9,12,14H,4,7,10-11H2,1-3H3,(H,20,25). The van der Waals surface area contributed by atoms with Crippen LogP contribution in [-0.4, -0.2) is 39.8 Å². The van der Waals surface area contributed by atoms with Gasteiger partial charge in [-0.25, -0.2) is 4.52 Å². The molecule has 7 heteroatoms. The highest BCUT2D eigenvalue weighted by molar-refractivity contribution is 5.94. The number of hydrogen-bond donors (Lipinski definition) is 1. The van der Waals surface area contributed by atoms with Gasteiger partial charge in [0.1, 0.15) is 6.04 Å². The minimum Gasteiger partial charge on any atom is -0.382 e. The smallest absolute Gasteiger partial charge is 0.273 e. The van der Waals surface area contributed by atoms with E-state index in [4.69, 9.17) is 4.74 Å². The van der Waals surface area contributed by atoms with E-state index in [0.717, 1.165) is 23.0 Å². The lowest BCUT2D eigenvalue weighted by Gasteiger charge is -2.18. The fourth-order valence-corrected chi connectivity index (χ4v) is 3.18. The first kappa shape index (κ1) is 18.1. The number of nitrogens with one attached hydrogen (secondary N) is 1. The molecule has 7 nitrogen and oxygen atoms in total. The van der Waals surface area contributed by atoms with Crippen molar-refractivity contribution in [2.75, 3.05) is 19.8 Å². The average molecular weight is 356 g/mol. The molecule has 0 aliphatic heterocycles. The molecule has 3 rings (SSSR count). The lowest BCUT2D eigenvalue weighted by Crippen LogP contribution is -2.33. The first-order valence-corrected chi connectivity index (χ1v) is 8.89. The van der Waals surface area contributed by atoms with Crippen LogP contribution in [0.2, 0.25) is 0 Å². The molecule has 0 spiro atoms. The molecule has 0 fully saturated rings. The Kier molecular flexibility index (Phi) is 5.37.